The van der Waals surface area contributed by atoms with Crippen molar-refractivity contribution >= 4 is 11.0 Å². The summed E-state index contributed by atoms with van der Waals surface area (Å²) in [7, 11) is 0. The summed E-state index contributed by atoms with van der Waals surface area (Å²) in [5.41, 5.74) is 1.95. The number of nitrogens with one attached hydrogen (secondary N) is 1. The van der Waals surface area contributed by atoms with E-state index in [0.29, 0.717) is 0 Å². The smallest absolute Gasteiger partial charge is 0.158 e. The van der Waals surface area contributed by atoms with Gasteiger partial charge in [-0.05, 0) is 25.9 Å². The van der Waals surface area contributed by atoms with Crippen molar-refractivity contribution in [1.82, 2.24) is 25.1 Å². The topological polar surface area (TPSA) is 57.7 Å². The Balaban J connectivity index is 1.69. The molecule has 5 nitrogen and oxygen atoms in total. The van der Waals surface area contributed by atoms with Crippen LogP contribution >= 0.6 is 0 Å². The van der Waals surface area contributed by atoms with Crippen LogP contribution in [0.2, 0.25) is 0 Å². The van der Waals surface area contributed by atoms with Gasteiger partial charge in [0.05, 0.1) is 17.3 Å². The van der Waals surface area contributed by atoms with Crippen molar-refractivity contribution in [2.45, 2.75) is 25.7 Å². The van der Waals surface area contributed by atoms with Gasteiger partial charge in [-0.2, -0.15) is 5.10 Å². The first kappa shape index (κ1) is 10.7. The molecule has 3 rings (SSSR count). The molecule has 1 aliphatic heterocycles. The molecule has 0 amide bonds. The van der Waals surface area contributed by atoms with E-state index >= 15 is 0 Å². The molecule has 1 fully saturated rings. The van der Waals surface area contributed by atoms with Gasteiger partial charge in [0, 0.05) is 13.0 Å². The molecule has 17 heavy (non-hydrogen) atoms. The second-order valence-electron chi connectivity index (χ2n) is 4.60. The van der Waals surface area contributed by atoms with Crippen molar-refractivity contribution in [2.75, 3.05) is 19.6 Å². The fraction of sp³-hybridized carbons (Fsp3) is 0.583. The molecule has 0 aliphatic carbocycles. The Morgan fingerprint density at radius 1 is 1.18 bits per heavy atom. The highest BCUT2D eigenvalue weighted by Gasteiger charge is 2.11. The molecule has 0 radical (unpaired) electrons. The number of hydrogen-bond acceptors (Lipinski definition) is 4. The number of hydrogen-bond donors (Lipinski definition) is 1. The van der Waals surface area contributed by atoms with E-state index in [2.05, 4.69) is 25.1 Å². The van der Waals surface area contributed by atoms with Crippen molar-refractivity contribution in [3.63, 3.8) is 0 Å². The lowest BCUT2D eigenvalue weighted by molar-refractivity contribution is 0.231. The van der Waals surface area contributed by atoms with Crippen molar-refractivity contribution in [3.8, 4) is 0 Å². The van der Waals surface area contributed by atoms with Crippen molar-refractivity contribution in [3.05, 3.63) is 18.2 Å². The molecule has 0 aromatic carbocycles. The second-order valence-corrected chi connectivity index (χ2v) is 4.60. The standard InChI is InChI=1S/C12H17N5/c1-2-5-17(6-3-1)7-4-11-10-8-15-16-12(10)14-9-13-11/h8-9H,1-7H2,(H,13,14,15,16). The maximum atomic E-state index is 4.37. The molecule has 90 valence electrons. The van der Waals surface area contributed by atoms with Gasteiger partial charge >= 0.3 is 0 Å². The first-order chi connectivity index (χ1) is 8.43. The van der Waals surface area contributed by atoms with E-state index in [4.69, 9.17) is 0 Å². The SMILES string of the molecule is c1nc(CCN2CCCCC2)c2cn[nH]c2n1. The first-order valence-corrected chi connectivity index (χ1v) is 6.29. The zero-order valence-corrected chi connectivity index (χ0v) is 9.89. The summed E-state index contributed by atoms with van der Waals surface area (Å²) >= 11 is 0. The van der Waals surface area contributed by atoms with Crippen molar-refractivity contribution in [1.29, 1.82) is 0 Å². The third-order valence-electron chi connectivity index (χ3n) is 3.44. The van der Waals surface area contributed by atoms with Crippen LogP contribution in [-0.2, 0) is 6.42 Å². The Labute approximate surface area is 100 Å². The van der Waals surface area contributed by atoms with Crippen LogP contribution in [0.25, 0.3) is 11.0 Å². The molecule has 0 saturated carbocycles. The largest absolute Gasteiger partial charge is 0.303 e. The summed E-state index contributed by atoms with van der Waals surface area (Å²) in [4.78, 5) is 11.0. The lowest BCUT2D eigenvalue weighted by Gasteiger charge is -2.26. The van der Waals surface area contributed by atoms with E-state index in [1.807, 2.05) is 6.20 Å². The van der Waals surface area contributed by atoms with E-state index in [9.17, 15) is 0 Å². The lowest BCUT2D eigenvalue weighted by Crippen LogP contribution is -2.31. The summed E-state index contributed by atoms with van der Waals surface area (Å²) in [5, 5.41) is 7.96. The third-order valence-corrected chi connectivity index (χ3v) is 3.44. The predicted molar refractivity (Wildman–Crippen MR) is 65.7 cm³/mol. The molecule has 1 aliphatic rings. The van der Waals surface area contributed by atoms with Gasteiger partial charge in [0.15, 0.2) is 5.65 Å². The molecular formula is C12H17N5. The van der Waals surface area contributed by atoms with Crippen LogP contribution in [0.5, 0.6) is 0 Å². The quantitative estimate of drug-likeness (QED) is 0.867. The number of fused-ring (bicyclic) bond motifs is 1. The zero-order valence-electron chi connectivity index (χ0n) is 9.89. The number of nitrogens with zero attached hydrogens (tertiary/aromatic N) is 4. The molecule has 5 heteroatoms. The van der Waals surface area contributed by atoms with Gasteiger partial charge in [0.2, 0.25) is 0 Å². The second kappa shape index (κ2) is 4.79. The van der Waals surface area contributed by atoms with Crippen molar-refractivity contribution in [2.24, 2.45) is 0 Å². The summed E-state index contributed by atoms with van der Waals surface area (Å²) in [6.45, 7) is 3.57. The normalized spacial score (nSPS) is 17.6. The average Bonchev–Trinajstić information content (AvgIpc) is 2.86. The Morgan fingerprint density at radius 2 is 2.06 bits per heavy atom. The highest BCUT2D eigenvalue weighted by molar-refractivity contribution is 5.75. The van der Waals surface area contributed by atoms with Gasteiger partial charge < -0.3 is 4.90 Å². The van der Waals surface area contributed by atoms with Gasteiger partial charge in [0.1, 0.15) is 6.33 Å². The van der Waals surface area contributed by atoms with Crippen LogP contribution in [0.15, 0.2) is 12.5 Å². The zero-order chi connectivity index (χ0) is 11.5. The number of piperidine rings is 1. The van der Waals surface area contributed by atoms with Crippen LogP contribution in [0.3, 0.4) is 0 Å². The molecule has 2 aromatic rings. The summed E-state index contributed by atoms with van der Waals surface area (Å²) in [6.07, 6.45) is 8.48. The Kier molecular flexibility index (Phi) is 3.00. The molecular weight excluding hydrogens is 214 g/mol. The minimum atomic E-state index is 0.841. The Morgan fingerprint density at radius 3 is 2.94 bits per heavy atom. The molecule has 0 atom stereocenters. The van der Waals surface area contributed by atoms with E-state index in [1.165, 1.54) is 32.4 Å². The van der Waals surface area contributed by atoms with Gasteiger partial charge in [0.25, 0.3) is 0 Å². The number of rotatable bonds is 3. The predicted octanol–water partition coefficient (Wildman–Crippen LogP) is 1.38. The third kappa shape index (κ3) is 2.29. The highest BCUT2D eigenvalue weighted by atomic mass is 15.1. The molecule has 0 bridgehead atoms. The van der Waals surface area contributed by atoms with Gasteiger partial charge in [-0.1, -0.05) is 6.42 Å². The van der Waals surface area contributed by atoms with Crippen LogP contribution in [0.4, 0.5) is 0 Å². The molecule has 2 aromatic heterocycles. The van der Waals surface area contributed by atoms with Crippen LogP contribution in [0.1, 0.15) is 25.0 Å². The van der Waals surface area contributed by atoms with E-state index < -0.39 is 0 Å². The highest BCUT2D eigenvalue weighted by Crippen LogP contribution is 2.14. The fourth-order valence-corrected chi connectivity index (χ4v) is 2.46. The van der Waals surface area contributed by atoms with E-state index in [1.54, 1.807) is 6.33 Å². The van der Waals surface area contributed by atoms with Crippen molar-refractivity contribution < 1.29 is 0 Å². The summed E-state index contributed by atoms with van der Waals surface area (Å²) in [6, 6.07) is 0. The first-order valence-electron chi connectivity index (χ1n) is 6.29. The Bertz CT molecular complexity index is 486. The van der Waals surface area contributed by atoms with Crippen LogP contribution in [0, 0.1) is 0 Å². The number of aromatic amines is 1. The monoisotopic (exact) mass is 231 g/mol. The maximum Gasteiger partial charge on any atom is 0.158 e. The number of H-pyrrole nitrogens is 1. The molecule has 1 N–H and O–H groups in total. The average molecular weight is 231 g/mol. The molecule has 0 unspecified atom stereocenters. The molecule has 0 spiro atoms. The van der Waals surface area contributed by atoms with E-state index in [-0.39, 0.29) is 0 Å². The maximum absolute atomic E-state index is 4.37. The minimum Gasteiger partial charge on any atom is -0.303 e. The number of aromatic nitrogens is 4. The summed E-state index contributed by atoms with van der Waals surface area (Å²) < 4.78 is 0. The van der Waals surface area contributed by atoms with Crippen LogP contribution in [-0.4, -0.2) is 44.7 Å². The van der Waals surface area contributed by atoms with Gasteiger partial charge in [-0.25, -0.2) is 9.97 Å². The van der Waals surface area contributed by atoms with Gasteiger partial charge in [-0.15, -0.1) is 0 Å². The fourth-order valence-electron chi connectivity index (χ4n) is 2.46. The molecule has 3 heterocycles. The summed E-state index contributed by atoms with van der Waals surface area (Å²) in [5.74, 6) is 0. The number of likely N-dealkylation sites (tertiary alicyclic amines) is 1. The van der Waals surface area contributed by atoms with E-state index in [0.717, 1.165) is 29.7 Å². The minimum absolute atomic E-state index is 0.841. The Hall–Kier alpha value is -1.49. The lowest BCUT2D eigenvalue weighted by atomic mass is 10.1. The van der Waals surface area contributed by atoms with Gasteiger partial charge in [-0.3, -0.25) is 5.10 Å². The molecule has 1 saturated heterocycles. The van der Waals surface area contributed by atoms with Crippen LogP contribution < -0.4 is 0 Å².